The van der Waals surface area contributed by atoms with Crippen molar-refractivity contribution in [2.24, 2.45) is 0 Å². The fourth-order valence-corrected chi connectivity index (χ4v) is 2.85. The highest BCUT2D eigenvalue weighted by molar-refractivity contribution is 7.13. The molecular weight excluding hydrogens is 316 g/mol. The minimum absolute atomic E-state index is 0.00283. The molecule has 0 saturated carbocycles. The van der Waals surface area contributed by atoms with E-state index in [2.05, 4.69) is 29.5 Å². The molecule has 1 atom stereocenters. The molecule has 0 aliphatic heterocycles. The second kappa shape index (κ2) is 7.89. The Bertz CT molecular complexity index is 674. The summed E-state index contributed by atoms with van der Waals surface area (Å²) in [6.07, 6.45) is 1.06. The SMILES string of the molecule is CCCNC(C)c1csc(Nc2cc([N+](=O)[O-])ccc2OC)n1. The first-order valence-electron chi connectivity index (χ1n) is 7.33. The van der Waals surface area contributed by atoms with E-state index in [4.69, 9.17) is 4.74 Å². The van der Waals surface area contributed by atoms with Crippen molar-refractivity contribution >= 4 is 27.8 Å². The first-order chi connectivity index (χ1) is 11.0. The van der Waals surface area contributed by atoms with E-state index in [-0.39, 0.29) is 11.7 Å². The van der Waals surface area contributed by atoms with Crippen molar-refractivity contribution in [3.8, 4) is 5.75 Å². The second-order valence-corrected chi connectivity index (χ2v) is 5.88. The van der Waals surface area contributed by atoms with Gasteiger partial charge in [0.15, 0.2) is 5.13 Å². The van der Waals surface area contributed by atoms with Gasteiger partial charge in [0.1, 0.15) is 5.75 Å². The average Bonchev–Trinajstić information content (AvgIpc) is 3.01. The van der Waals surface area contributed by atoms with Crippen LogP contribution in [0.5, 0.6) is 5.75 Å². The third-order valence-electron chi connectivity index (χ3n) is 3.30. The molecule has 1 aromatic heterocycles. The Hall–Kier alpha value is -2.19. The summed E-state index contributed by atoms with van der Waals surface area (Å²) in [6.45, 7) is 5.10. The normalized spacial score (nSPS) is 12.0. The number of rotatable bonds is 8. The van der Waals surface area contributed by atoms with Gasteiger partial charge in [0, 0.05) is 23.6 Å². The average molecular weight is 336 g/mol. The van der Waals surface area contributed by atoms with Crippen molar-refractivity contribution in [1.29, 1.82) is 0 Å². The van der Waals surface area contributed by atoms with Crippen molar-refractivity contribution in [2.75, 3.05) is 19.0 Å². The first kappa shape index (κ1) is 17.2. The summed E-state index contributed by atoms with van der Waals surface area (Å²) < 4.78 is 5.24. The number of nitro groups is 1. The van der Waals surface area contributed by atoms with Crippen LogP contribution in [0.4, 0.5) is 16.5 Å². The number of hydrogen-bond acceptors (Lipinski definition) is 7. The van der Waals surface area contributed by atoms with Gasteiger partial charge >= 0.3 is 0 Å². The van der Waals surface area contributed by atoms with Gasteiger partial charge in [-0.25, -0.2) is 4.98 Å². The molecule has 0 aliphatic rings. The maximum absolute atomic E-state index is 10.9. The molecule has 1 aromatic carbocycles. The molecule has 2 aromatic rings. The Kier molecular flexibility index (Phi) is 5.89. The van der Waals surface area contributed by atoms with Crippen LogP contribution in [0.25, 0.3) is 0 Å². The number of ether oxygens (including phenoxy) is 1. The van der Waals surface area contributed by atoms with Crippen molar-refractivity contribution < 1.29 is 9.66 Å². The molecule has 2 rings (SSSR count). The molecule has 0 bridgehead atoms. The fourth-order valence-electron chi connectivity index (χ4n) is 2.03. The van der Waals surface area contributed by atoms with Gasteiger partial charge in [-0.1, -0.05) is 6.92 Å². The summed E-state index contributed by atoms with van der Waals surface area (Å²) in [5.74, 6) is 0.532. The quantitative estimate of drug-likeness (QED) is 0.562. The zero-order valence-electron chi connectivity index (χ0n) is 13.3. The molecule has 0 saturated heterocycles. The van der Waals surface area contributed by atoms with Crippen LogP contribution >= 0.6 is 11.3 Å². The van der Waals surface area contributed by atoms with Crippen LogP contribution in [0.2, 0.25) is 0 Å². The van der Waals surface area contributed by atoms with Crippen LogP contribution in [0.1, 0.15) is 32.0 Å². The monoisotopic (exact) mass is 336 g/mol. The zero-order valence-corrected chi connectivity index (χ0v) is 14.1. The molecule has 7 nitrogen and oxygen atoms in total. The third-order valence-corrected chi connectivity index (χ3v) is 4.08. The van der Waals surface area contributed by atoms with Crippen molar-refractivity contribution in [1.82, 2.24) is 10.3 Å². The van der Waals surface area contributed by atoms with E-state index < -0.39 is 4.92 Å². The molecule has 0 radical (unpaired) electrons. The summed E-state index contributed by atoms with van der Waals surface area (Å²) >= 11 is 1.45. The Balaban J connectivity index is 2.17. The third kappa shape index (κ3) is 4.40. The number of methoxy groups -OCH3 is 1. The molecular formula is C15H20N4O3S. The standard InChI is InChI=1S/C15H20N4O3S/c1-4-7-16-10(2)13-9-23-15(18-13)17-12-8-11(19(20)21)5-6-14(12)22-3/h5-6,8-10,16H,4,7H2,1-3H3,(H,17,18). The van der Waals surface area contributed by atoms with Gasteiger partial charge in [0.25, 0.3) is 5.69 Å². The number of nitrogens with zero attached hydrogens (tertiary/aromatic N) is 2. The molecule has 1 heterocycles. The van der Waals surface area contributed by atoms with Gasteiger partial charge in [-0.15, -0.1) is 11.3 Å². The molecule has 0 fully saturated rings. The van der Waals surface area contributed by atoms with Crippen molar-refractivity contribution in [2.45, 2.75) is 26.3 Å². The minimum atomic E-state index is -0.436. The molecule has 0 aliphatic carbocycles. The molecule has 0 spiro atoms. The van der Waals surface area contributed by atoms with Gasteiger partial charge in [-0.05, 0) is 26.0 Å². The van der Waals surface area contributed by atoms with Crippen LogP contribution in [0.15, 0.2) is 23.6 Å². The number of nitrogens with one attached hydrogen (secondary N) is 2. The van der Waals surface area contributed by atoms with Crippen molar-refractivity contribution in [3.05, 3.63) is 39.4 Å². The highest BCUT2D eigenvalue weighted by atomic mass is 32.1. The Morgan fingerprint density at radius 2 is 2.26 bits per heavy atom. The first-order valence-corrected chi connectivity index (χ1v) is 8.21. The van der Waals surface area contributed by atoms with Crippen molar-refractivity contribution in [3.63, 3.8) is 0 Å². The van der Waals surface area contributed by atoms with E-state index in [9.17, 15) is 10.1 Å². The lowest BCUT2D eigenvalue weighted by molar-refractivity contribution is -0.384. The highest BCUT2D eigenvalue weighted by Crippen LogP contribution is 2.33. The summed E-state index contributed by atoms with van der Waals surface area (Å²) in [4.78, 5) is 15.0. The van der Waals surface area contributed by atoms with Gasteiger partial charge in [-0.2, -0.15) is 0 Å². The van der Waals surface area contributed by atoms with E-state index in [1.807, 2.05) is 5.38 Å². The van der Waals surface area contributed by atoms with E-state index in [0.29, 0.717) is 16.6 Å². The predicted molar refractivity (Wildman–Crippen MR) is 91.8 cm³/mol. The Morgan fingerprint density at radius 1 is 1.48 bits per heavy atom. The second-order valence-electron chi connectivity index (χ2n) is 5.02. The molecule has 8 heteroatoms. The van der Waals surface area contributed by atoms with E-state index in [1.165, 1.54) is 30.6 Å². The topological polar surface area (TPSA) is 89.3 Å². The summed E-state index contributed by atoms with van der Waals surface area (Å²) in [5.41, 5.74) is 1.47. The lowest BCUT2D eigenvalue weighted by atomic mass is 10.2. The number of thiazole rings is 1. The maximum atomic E-state index is 10.9. The molecule has 1 unspecified atom stereocenters. The summed E-state index contributed by atoms with van der Waals surface area (Å²) in [6, 6.07) is 4.58. The van der Waals surface area contributed by atoms with E-state index in [0.717, 1.165) is 18.7 Å². The van der Waals surface area contributed by atoms with Crippen LogP contribution < -0.4 is 15.4 Å². The maximum Gasteiger partial charge on any atom is 0.271 e. The molecule has 2 N–H and O–H groups in total. The zero-order chi connectivity index (χ0) is 16.8. The van der Waals surface area contributed by atoms with Crippen LogP contribution in [-0.4, -0.2) is 23.6 Å². The van der Waals surface area contributed by atoms with Crippen LogP contribution in [-0.2, 0) is 0 Å². The lowest BCUT2D eigenvalue weighted by Crippen LogP contribution is -2.19. The molecule has 23 heavy (non-hydrogen) atoms. The largest absolute Gasteiger partial charge is 0.495 e. The van der Waals surface area contributed by atoms with E-state index >= 15 is 0 Å². The lowest BCUT2D eigenvalue weighted by Gasteiger charge is -2.10. The number of nitro benzene ring substituents is 1. The summed E-state index contributed by atoms with van der Waals surface area (Å²) in [5, 5.41) is 20.0. The van der Waals surface area contributed by atoms with Crippen LogP contribution in [0.3, 0.4) is 0 Å². The van der Waals surface area contributed by atoms with Crippen LogP contribution in [0, 0.1) is 10.1 Å². The number of aromatic nitrogens is 1. The molecule has 124 valence electrons. The minimum Gasteiger partial charge on any atom is -0.495 e. The number of non-ortho nitro benzene ring substituents is 1. The van der Waals surface area contributed by atoms with Gasteiger partial charge in [0.2, 0.25) is 0 Å². The summed E-state index contributed by atoms with van der Waals surface area (Å²) in [7, 11) is 1.52. The smallest absolute Gasteiger partial charge is 0.271 e. The number of benzene rings is 1. The van der Waals surface area contributed by atoms with Gasteiger partial charge < -0.3 is 15.4 Å². The Morgan fingerprint density at radius 3 is 2.91 bits per heavy atom. The predicted octanol–water partition coefficient (Wildman–Crippen LogP) is 3.86. The number of anilines is 2. The fraction of sp³-hybridized carbons (Fsp3) is 0.400. The Labute approximate surface area is 138 Å². The van der Waals surface area contributed by atoms with E-state index in [1.54, 1.807) is 6.07 Å². The van der Waals surface area contributed by atoms with Gasteiger partial charge in [-0.3, -0.25) is 10.1 Å². The number of hydrogen-bond donors (Lipinski definition) is 2. The highest BCUT2D eigenvalue weighted by Gasteiger charge is 2.14. The molecule has 0 amide bonds. The van der Waals surface area contributed by atoms with Gasteiger partial charge in [0.05, 0.1) is 23.4 Å².